The third-order valence-corrected chi connectivity index (χ3v) is 5.14. The van der Waals surface area contributed by atoms with Crippen molar-refractivity contribution in [3.63, 3.8) is 0 Å². The number of amides is 1. The molecular formula is C23H22F4N6O2. The van der Waals surface area contributed by atoms with Crippen LogP contribution >= 0.6 is 0 Å². The number of hydrogen-bond acceptors (Lipinski definition) is 5. The number of H-pyrrole nitrogens is 1. The summed E-state index contributed by atoms with van der Waals surface area (Å²) in [5.74, 6) is -3.19. The van der Waals surface area contributed by atoms with E-state index in [0.29, 0.717) is 22.0 Å². The fraction of sp³-hybridized carbons (Fsp3) is 0.261. The number of nitrogens with two attached hydrogens (primary N) is 1. The SMILES string of the molecule is CC(CN(CC=N)C(=O)c1cc(Cc2n[nH]c(=O)c3ccccc23)ccc1F)N=C(N)C(F)(F)F. The summed E-state index contributed by atoms with van der Waals surface area (Å²) in [5, 5.41) is 14.8. The normalized spacial score (nSPS) is 13.0. The van der Waals surface area contributed by atoms with Gasteiger partial charge in [-0.15, -0.1) is 0 Å². The molecule has 0 radical (unpaired) electrons. The fourth-order valence-electron chi connectivity index (χ4n) is 3.54. The maximum Gasteiger partial charge on any atom is 0.448 e. The molecule has 0 saturated heterocycles. The molecule has 4 N–H and O–H groups in total. The van der Waals surface area contributed by atoms with E-state index in [1.165, 1.54) is 19.1 Å². The van der Waals surface area contributed by atoms with Crippen molar-refractivity contribution in [3.8, 4) is 0 Å². The molecule has 2 aromatic carbocycles. The van der Waals surface area contributed by atoms with Crippen LogP contribution in [0.4, 0.5) is 17.6 Å². The van der Waals surface area contributed by atoms with Gasteiger partial charge < -0.3 is 16.0 Å². The molecule has 35 heavy (non-hydrogen) atoms. The minimum absolute atomic E-state index is 0.172. The Kier molecular flexibility index (Phi) is 7.62. The average Bonchev–Trinajstić information content (AvgIpc) is 2.81. The van der Waals surface area contributed by atoms with Gasteiger partial charge in [-0.1, -0.05) is 24.3 Å². The van der Waals surface area contributed by atoms with Crippen LogP contribution in [-0.4, -0.2) is 58.4 Å². The van der Waals surface area contributed by atoms with Crippen LogP contribution in [0.2, 0.25) is 0 Å². The second-order valence-electron chi connectivity index (χ2n) is 7.81. The molecule has 1 atom stereocenters. The second kappa shape index (κ2) is 10.5. The predicted octanol–water partition coefficient (Wildman–Crippen LogP) is 3.05. The molecule has 1 heterocycles. The van der Waals surface area contributed by atoms with Gasteiger partial charge in [0.1, 0.15) is 5.82 Å². The Morgan fingerprint density at radius 3 is 2.60 bits per heavy atom. The van der Waals surface area contributed by atoms with E-state index in [1.807, 2.05) is 0 Å². The molecule has 1 amide bonds. The van der Waals surface area contributed by atoms with Crippen molar-refractivity contribution < 1.29 is 22.4 Å². The Balaban J connectivity index is 1.89. The molecule has 0 aliphatic carbocycles. The van der Waals surface area contributed by atoms with Crippen LogP contribution in [0, 0.1) is 11.2 Å². The molecule has 1 unspecified atom stereocenters. The maximum absolute atomic E-state index is 14.6. The number of aromatic amines is 1. The largest absolute Gasteiger partial charge is 0.448 e. The topological polar surface area (TPSA) is 128 Å². The first-order chi connectivity index (χ1) is 16.5. The number of hydrogen-bond donors (Lipinski definition) is 3. The number of halogens is 4. The Bertz CT molecular complexity index is 1340. The lowest BCUT2D eigenvalue weighted by Crippen LogP contribution is -2.39. The molecule has 1 aromatic heterocycles. The number of amidine groups is 1. The van der Waals surface area contributed by atoms with Crippen LogP contribution < -0.4 is 11.3 Å². The molecule has 3 aromatic rings. The van der Waals surface area contributed by atoms with E-state index in [9.17, 15) is 27.2 Å². The van der Waals surface area contributed by atoms with Crippen molar-refractivity contribution in [2.45, 2.75) is 25.6 Å². The molecule has 0 bridgehead atoms. The lowest BCUT2D eigenvalue weighted by Gasteiger charge is -2.24. The number of aromatic nitrogens is 2. The standard InChI is InChI=1S/C23H22F4N6O2/c1-13(30-22(29)23(25,26)27)12-33(9-8-28)21(35)17-10-14(6-7-18(17)24)11-19-15-4-2-3-5-16(15)20(34)32-31-19/h2-8,10,13,28H,9,11-12H2,1H3,(H2,29,30)(H,32,34). The van der Waals surface area contributed by atoms with Crippen LogP contribution in [-0.2, 0) is 6.42 Å². The van der Waals surface area contributed by atoms with Crippen molar-refractivity contribution in [1.82, 2.24) is 15.1 Å². The number of carbonyl (C=O) groups excluding carboxylic acids is 1. The molecule has 0 saturated carbocycles. The van der Waals surface area contributed by atoms with Gasteiger partial charge >= 0.3 is 6.18 Å². The number of carbonyl (C=O) groups is 1. The number of fused-ring (bicyclic) bond motifs is 1. The van der Waals surface area contributed by atoms with E-state index in [2.05, 4.69) is 15.2 Å². The first kappa shape index (κ1) is 25.5. The number of aliphatic imine (C=N–C) groups is 1. The van der Waals surface area contributed by atoms with Crippen molar-refractivity contribution in [1.29, 1.82) is 5.41 Å². The van der Waals surface area contributed by atoms with Crippen LogP contribution in [0.1, 0.15) is 28.5 Å². The first-order valence-electron chi connectivity index (χ1n) is 10.4. The van der Waals surface area contributed by atoms with E-state index in [4.69, 9.17) is 11.1 Å². The molecular weight excluding hydrogens is 468 g/mol. The Morgan fingerprint density at radius 2 is 1.94 bits per heavy atom. The van der Waals surface area contributed by atoms with Crippen molar-refractivity contribution in [2.75, 3.05) is 13.1 Å². The highest BCUT2D eigenvalue weighted by Crippen LogP contribution is 2.20. The summed E-state index contributed by atoms with van der Waals surface area (Å²) in [7, 11) is 0. The van der Waals surface area contributed by atoms with Gasteiger partial charge in [0.05, 0.1) is 29.2 Å². The van der Waals surface area contributed by atoms with Crippen LogP contribution in [0.25, 0.3) is 10.8 Å². The molecule has 0 aliphatic heterocycles. The molecule has 12 heteroatoms. The zero-order valence-electron chi connectivity index (χ0n) is 18.6. The van der Waals surface area contributed by atoms with Crippen LogP contribution in [0.3, 0.4) is 0 Å². The Morgan fingerprint density at radius 1 is 1.26 bits per heavy atom. The highest BCUT2D eigenvalue weighted by atomic mass is 19.4. The molecule has 0 spiro atoms. The number of rotatable bonds is 8. The third kappa shape index (κ3) is 6.08. The summed E-state index contributed by atoms with van der Waals surface area (Å²) < 4.78 is 52.6. The molecule has 0 fully saturated rings. The number of alkyl halides is 3. The smallest absolute Gasteiger partial charge is 0.380 e. The van der Waals surface area contributed by atoms with E-state index < -0.39 is 29.8 Å². The van der Waals surface area contributed by atoms with Gasteiger partial charge in [-0.3, -0.25) is 14.6 Å². The summed E-state index contributed by atoms with van der Waals surface area (Å²) in [6.45, 7) is 0.740. The summed E-state index contributed by atoms with van der Waals surface area (Å²) in [6.07, 6.45) is -3.77. The summed E-state index contributed by atoms with van der Waals surface area (Å²) in [4.78, 5) is 29.4. The van der Waals surface area contributed by atoms with E-state index in [-0.39, 0.29) is 30.6 Å². The number of nitrogens with one attached hydrogen (secondary N) is 2. The minimum atomic E-state index is -4.81. The highest BCUT2D eigenvalue weighted by molar-refractivity contribution is 5.96. The van der Waals surface area contributed by atoms with Crippen LogP contribution in [0.5, 0.6) is 0 Å². The lowest BCUT2D eigenvalue weighted by molar-refractivity contribution is -0.0602. The maximum atomic E-state index is 14.6. The number of nitrogens with zero attached hydrogens (tertiary/aromatic N) is 3. The van der Waals surface area contributed by atoms with Gasteiger partial charge in [0.15, 0.2) is 0 Å². The van der Waals surface area contributed by atoms with Gasteiger partial charge in [0.25, 0.3) is 11.5 Å². The predicted molar refractivity (Wildman–Crippen MR) is 123 cm³/mol. The quantitative estimate of drug-likeness (QED) is 0.255. The zero-order chi connectivity index (χ0) is 25.8. The van der Waals surface area contributed by atoms with E-state index in [0.717, 1.165) is 17.2 Å². The molecule has 0 aliphatic rings. The van der Waals surface area contributed by atoms with Crippen molar-refractivity contribution in [3.05, 3.63) is 75.5 Å². The van der Waals surface area contributed by atoms with E-state index >= 15 is 0 Å². The van der Waals surface area contributed by atoms with Gasteiger partial charge in [-0.05, 0) is 30.7 Å². The molecule has 184 valence electrons. The van der Waals surface area contributed by atoms with Crippen molar-refractivity contribution >= 4 is 28.7 Å². The molecule has 8 nitrogen and oxygen atoms in total. The Hall–Kier alpha value is -4.09. The Labute approximate surface area is 197 Å². The zero-order valence-corrected chi connectivity index (χ0v) is 18.6. The third-order valence-electron chi connectivity index (χ3n) is 5.14. The van der Waals surface area contributed by atoms with Gasteiger partial charge in [0.2, 0.25) is 5.84 Å². The second-order valence-corrected chi connectivity index (χ2v) is 7.81. The highest BCUT2D eigenvalue weighted by Gasteiger charge is 2.34. The van der Waals surface area contributed by atoms with E-state index in [1.54, 1.807) is 24.3 Å². The van der Waals surface area contributed by atoms with Crippen molar-refractivity contribution in [2.24, 2.45) is 10.7 Å². The average molecular weight is 490 g/mol. The van der Waals surface area contributed by atoms with Gasteiger partial charge in [0, 0.05) is 24.6 Å². The number of benzene rings is 2. The van der Waals surface area contributed by atoms with Gasteiger partial charge in [-0.25, -0.2) is 9.49 Å². The monoisotopic (exact) mass is 490 g/mol. The minimum Gasteiger partial charge on any atom is -0.380 e. The van der Waals surface area contributed by atoms with Crippen LogP contribution in [0.15, 0.2) is 52.3 Å². The first-order valence-corrected chi connectivity index (χ1v) is 10.4. The lowest BCUT2D eigenvalue weighted by atomic mass is 10.0. The van der Waals surface area contributed by atoms with Gasteiger partial charge in [-0.2, -0.15) is 18.3 Å². The summed E-state index contributed by atoms with van der Waals surface area (Å²) >= 11 is 0. The summed E-state index contributed by atoms with van der Waals surface area (Å²) in [6, 6.07) is 9.65. The summed E-state index contributed by atoms with van der Waals surface area (Å²) in [5.41, 5.74) is 5.29. The molecule has 3 rings (SSSR count). The fourth-order valence-corrected chi connectivity index (χ4v) is 3.54.